The molecule has 6 heavy (non-hydrogen) atoms. The van der Waals surface area contributed by atoms with E-state index >= 15 is 0 Å². The van der Waals surface area contributed by atoms with Crippen LogP contribution in [0.25, 0.3) is 0 Å². The van der Waals surface area contributed by atoms with Crippen molar-refractivity contribution in [3.63, 3.8) is 0 Å². The Morgan fingerprint density at radius 2 is 2.00 bits per heavy atom. The Hall–Kier alpha value is 0.514. The summed E-state index contributed by atoms with van der Waals surface area (Å²) in [6, 6.07) is 0. The monoisotopic (exact) mass is 158 g/mol. The minimum absolute atomic E-state index is 0. The Morgan fingerprint density at radius 1 is 1.83 bits per heavy atom. The Kier molecular flexibility index (Phi) is 8.93. The van der Waals surface area contributed by atoms with Gasteiger partial charge in [0.25, 0.3) is 0 Å². The number of Topliss-reactive ketones (excluding diaryl/α,β-unsaturated/α-hetero) is 1. The molecule has 0 aromatic carbocycles. The van der Waals surface area contributed by atoms with Crippen molar-refractivity contribution in [3.8, 4) is 0 Å². The summed E-state index contributed by atoms with van der Waals surface area (Å²) in [4.78, 5) is 9.64. The molecule has 1 nitrogen and oxygen atoms in total. The van der Waals surface area contributed by atoms with Gasteiger partial charge in [0.15, 0.2) is 0 Å². The van der Waals surface area contributed by atoms with Gasteiger partial charge in [-0.2, -0.15) is 0 Å². The summed E-state index contributed by atoms with van der Waals surface area (Å²) in [6.45, 7) is 4.50. The minimum Gasteiger partial charge on any atom is -0.435 e. The summed E-state index contributed by atoms with van der Waals surface area (Å²) in [5, 5.41) is 0. The van der Waals surface area contributed by atoms with Crippen molar-refractivity contribution in [1.82, 2.24) is 0 Å². The molecule has 1 radical (unpaired) electrons. The number of ketones is 1. The molecule has 0 saturated heterocycles. The molecule has 0 N–H and O–H groups in total. The largest absolute Gasteiger partial charge is 0.435 e. The number of rotatable bonds is 1. The van der Waals surface area contributed by atoms with Gasteiger partial charge in [-0.3, -0.25) is 6.58 Å². The molecule has 0 saturated carbocycles. The predicted molar refractivity (Wildman–Crippen MR) is 19.6 cm³/mol. The summed E-state index contributed by atoms with van der Waals surface area (Å²) in [7, 11) is 0. The van der Waals surface area contributed by atoms with Crippen molar-refractivity contribution < 1.29 is 37.5 Å². The van der Waals surface area contributed by atoms with Gasteiger partial charge in [0.2, 0.25) is 0 Å². The van der Waals surface area contributed by atoms with Gasteiger partial charge >= 0.3 is 0 Å². The number of carbonyl (C=O) groups excluding carboxylic acids is 1. The Morgan fingerprint density at radius 3 is 2.00 bits per heavy atom. The van der Waals surface area contributed by atoms with Crippen molar-refractivity contribution in [3.05, 3.63) is 12.7 Å². The normalized spacial score (nSPS) is 5.50. The van der Waals surface area contributed by atoms with Crippen LogP contribution in [-0.2, 0) is 37.5 Å². The van der Waals surface area contributed by atoms with Crippen molar-refractivity contribution in [2.45, 2.75) is 6.92 Å². The molecule has 0 spiro atoms. The Bertz CT molecular complexity index is 58.6. The van der Waals surface area contributed by atoms with Gasteiger partial charge in [-0.15, -0.1) is 0 Å². The maximum Gasteiger partial charge on any atom is 0 e. The first-order valence-electron chi connectivity index (χ1n) is 1.31. The van der Waals surface area contributed by atoms with Gasteiger partial charge in [-0.25, -0.2) is 0 Å². The third kappa shape index (κ3) is 8.82. The summed E-state index contributed by atoms with van der Waals surface area (Å²) < 4.78 is 0. The minimum atomic E-state index is -0.106. The third-order valence-corrected chi connectivity index (χ3v) is 0.249. The summed E-state index contributed by atoms with van der Waals surface area (Å²) in [5.41, 5.74) is 0. The number of carbonyl (C=O) groups is 1. The zero-order valence-corrected chi connectivity index (χ0v) is 6.53. The zero-order chi connectivity index (χ0) is 4.28. The van der Waals surface area contributed by atoms with Crippen molar-refractivity contribution in [1.29, 1.82) is 0 Å². The van der Waals surface area contributed by atoms with Crippen molar-refractivity contribution in [2.24, 2.45) is 0 Å². The molecule has 0 heterocycles. The number of hydrogen-bond acceptors (Lipinski definition) is 1. The van der Waals surface area contributed by atoms with Gasteiger partial charge in [-0.05, 0) is 12.7 Å². The molecule has 0 unspecified atom stereocenters. The van der Waals surface area contributed by atoms with E-state index in [0.717, 1.165) is 0 Å². The quantitative estimate of drug-likeness (QED) is 0.402. The van der Waals surface area contributed by atoms with Gasteiger partial charge in [-0.1, -0.05) is 0 Å². The van der Waals surface area contributed by atoms with E-state index in [-0.39, 0.29) is 38.5 Å². The van der Waals surface area contributed by atoms with E-state index in [9.17, 15) is 4.79 Å². The second-order valence-corrected chi connectivity index (χ2v) is 0.733. The fourth-order valence-electron chi connectivity index (χ4n) is 0. The Labute approximate surface area is 62.7 Å². The molecule has 0 aromatic heterocycles. The van der Waals surface area contributed by atoms with E-state index in [0.29, 0.717) is 0 Å². The van der Waals surface area contributed by atoms with Crippen molar-refractivity contribution in [2.75, 3.05) is 0 Å². The Balaban J connectivity index is 0. The van der Waals surface area contributed by atoms with Crippen LogP contribution < -0.4 is 0 Å². The average molecular weight is 158 g/mol. The van der Waals surface area contributed by atoms with Crippen LogP contribution >= 0.6 is 0 Å². The molecule has 0 aliphatic rings. The summed E-state index contributed by atoms with van der Waals surface area (Å²) >= 11 is 0. The average Bonchev–Trinajstić information content (AvgIpc) is 1.38. The van der Waals surface area contributed by atoms with E-state index in [1.807, 2.05) is 0 Å². The number of hydrogen-bond donors (Lipinski definition) is 0. The summed E-state index contributed by atoms with van der Waals surface area (Å²) in [5.74, 6) is -0.106. The van der Waals surface area contributed by atoms with Crippen LogP contribution in [-0.4, -0.2) is 5.78 Å². The topological polar surface area (TPSA) is 17.1 Å². The van der Waals surface area contributed by atoms with E-state index in [1.165, 1.54) is 6.92 Å². The molecule has 0 aliphatic carbocycles. The fraction of sp³-hybridized carbons (Fsp3) is 0.250. The molecule has 0 rings (SSSR count). The molecular weight excluding hydrogens is 153 g/mol. The van der Waals surface area contributed by atoms with Crippen LogP contribution in [0.1, 0.15) is 6.92 Å². The predicted octanol–water partition coefficient (Wildman–Crippen LogP) is 0.562. The van der Waals surface area contributed by atoms with Crippen molar-refractivity contribution >= 4 is 5.78 Å². The maximum absolute atomic E-state index is 9.64. The third-order valence-electron chi connectivity index (χ3n) is 0.249. The van der Waals surface area contributed by atoms with Gasteiger partial charge in [0.1, 0.15) is 0 Å². The first-order valence-corrected chi connectivity index (χ1v) is 1.31. The molecule has 31 valence electrons. The van der Waals surface area contributed by atoms with E-state index in [1.54, 1.807) is 0 Å². The van der Waals surface area contributed by atoms with E-state index in [2.05, 4.69) is 12.7 Å². The maximum atomic E-state index is 9.64. The second-order valence-electron chi connectivity index (χ2n) is 0.733. The molecule has 0 fully saturated rings. The molecular formula is C4H5OY-. The molecule has 0 atom stereocenters. The first kappa shape index (κ1) is 9.72. The molecule has 0 bridgehead atoms. The fourth-order valence-corrected chi connectivity index (χ4v) is 0. The molecule has 0 aliphatic heterocycles. The van der Waals surface area contributed by atoms with E-state index < -0.39 is 0 Å². The van der Waals surface area contributed by atoms with Crippen LogP contribution in [0.15, 0.2) is 6.58 Å². The van der Waals surface area contributed by atoms with Crippen LogP contribution in [0.5, 0.6) is 0 Å². The van der Waals surface area contributed by atoms with E-state index in [4.69, 9.17) is 0 Å². The van der Waals surface area contributed by atoms with Crippen LogP contribution in [0.4, 0.5) is 0 Å². The van der Waals surface area contributed by atoms with Gasteiger partial charge in [0.05, 0.1) is 0 Å². The second kappa shape index (κ2) is 5.51. The van der Waals surface area contributed by atoms with Crippen LogP contribution in [0, 0.1) is 6.08 Å². The standard InChI is InChI=1S/C4H5O.Y/c1-3-4(2)5;/h1H2,2H3;/q-1;. The first-order chi connectivity index (χ1) is 2.27. The molecule has 0 aromatic rings. The van der Waals surface area contributed by atoms with Gasteiger partial charge in [0, 0.05) is 32.7 Å². The SMILES string of the molecule is C=[C-]C(C)=O.[Y]. The smallest absolute Gasteiger partial charge is 0 e. The van der Waals surface area contributed by atoms with Crippen LogP contribution in [0.3, 0.4) is 0 Å². The molecule has 0 amide bonds. The summed E-state index contributed by atoms with van der Waals surface area (Å²) in [6.07, 6.45) is 2.14. The zero-order valence-electron chi connectivity index (χ0n) is 3.69. The number of allylic oxidation sites excluding steroid dienone is 1. The van der Waals surface area contributed by atoms with Crippen LogP contribution in [0.2, 0.25) is 0 Å². The molecule has 2 heteroatoms. The van der Waals surface area contributed by atoms with Gasteiger partial charge < -0.3 is 10.9 Å².